The number of halogens is 3. The Morgan fingerprint density at radius 1 is 1.24 bits per heavy atom. The van der Waals surface area contributed by atoms with Crippen LogP contribution in [0.1, 0.15) is 47.4 Å². The van der Waals surface area contributed by atoms with Crippen LogP contribution in [0.25, 0.3) is 22.3 Å². The average molecular weight is 458 g/mol. The molecule has 1 amide bonds. The highest BCUT2D eigenvalue weighted by atomic mass is 19.4. The first-order chi connectivity index (χ1) is 15.6. The Bertz CT molecular complexity index is 1430. The summed E-state index contributed by atoms with van der Waals surface area (Å²) < 4.78 is 46.4. The highest BCUT2D eigenvalue weighted by Gasteiger charge is 2.44. The van der Waals surface area contributed by atoms with Gasteiger partial charge in [0.1, 0.15) is 0 Å². The Morgan fingerprint density at radius 3 is 2.76 bits per heavy atom. The number of H-pyrrole nitrogens is 2. The summed E-state index contributed by atoms with van der Waals surface area (Å²) in [4.78, 5) is 37.0. The van der Waals surface area contributed by atoms with Gasteiger partial charge in [0.15, 0.2) is 11.5 Å². The number of pyridine rings is 1. The van der Waals surface area contributed by atoms with E-state index in [0.29, 0.717) is 16.9 Å². The first kappa shape index (κ1) is 20.9. The van der Waals surface area contributed by atoms with Crippen molar-refractivity contribution in [3.63, 3.8) is 0 Å². The van der Waals surface area contributed by atoms with E-state index >= 15 is 0 Å². The minimum absolute atomic E-state index is 0.138. The van der Waals surface area contributed by atoms with Crippen molar-refractivity contribution in [1.82, 2.24) is 30.4 Å². The molecule has 0 saturated heterocycles. The highest BCUT2D eigenvalue weighted by molar-refractivity contribution is 5.90. The second kappa shape index (κ2) is 7.29. The summed E-state index contributed by atoms with van der Waals surface area (Å²) in [5.41, 5.74) is -0.620. The van der Waals surface area contributed by atoms with Gasteiger partial charge >= 0.3 is 23.7 Å². The lowest BCUT2D eigenvalue weighted by atomic mass is 9.98. The summed E-state index contributed by atoms with van der Waals surface area (Å²) in [6.45, 7) is 1.55. The number of fused-ring (bicyclic) bond motifs is 1. The molecule has 4 aromatic rings. The number of aromatic nitrogens is 5. The number of imidazole rings is 1. The van der Waals surface area contributed by atoms with E-state index in [0.717, 1.165) is 18.9 Å². The Labute approximate surface area is 183 Å². The third-order valence-electron chi connectivity index (χ3n) is 5.75. The molecule has 1 aromatic carbocycles. The fourth-order valence-electron chi connectivity index (χ4n) is 3.56. The highest BCUT2D eigenvalue weighted by Crippen LogP contribution is 2.46. The van der Waals surface area contributed by atoms with Crippen LogP contribution in [0, 0.1) is 0 Å². The van der Waals surface area contributed by atoms with Crippen molar-refractivity contribution in [3.05, 3.63) is 63.8 Å². The van der Waals surface area contributed by atoms with Crippen molar-refractivity contribution in [2.45, 2.75) is 37.9 Å². The number of carbonyl (C=O) groups is 1. The van der Waals surface area contributed by atoms with E-state index in [1.54, 1.807) is 0 Å². The molecule has 1 aliphatic carbocycles. The first-order valence-electron chi connectivity index (χ1n) is 10.0. The molecule has 5 rings (SSSR count). The van der Waals surface area contributed by atoms with E-state index in [9.17, 15) is 22.8 Å². The van der Waals surface area contributed by atoms with Gasteiger partial charge in [-0.3, -0.25) is 9.78 Å². The van der Waals surface area contributed by atoms with Gasteiger partial charge in [0.2, 0.25) is 0 Å². The maximum absolute atomic E-state index is 13.8. The molecule has 12 heteroatoms. The van der Waals surface area contributed by atoms with Crippen LogP contribution in [-0.4, -0.2) is 31.0 Å². The van der Waals surface area contributed by atoms with Gasteiger partial charge in [-0.05, 0) is 36.1 Å². The second-order valence-electron chi connectivity index (χ2n) is 8.20. The maximum atomic E-state index is 13.8. The number of rotatable bonds is 5. The molecular formula is C21H17F3N6O3. The fourth-order valence-corrected chi connectivity index (χ4v) is 3.56. The number of nitrogens with zero attached hydrogens (tertiary/aromatic N) is 3. The molecule has 0 radical (unpaired) electrons. The minimum atomic E-state index is -4.67. The van der Waals surface area contributed by atoms with Gasteiger partial charge in [0, 0.05) is 23.7 Å². The summed E-state index contributed by atoms with van der Waals surface area (Å²) in [7, 11) is 0. The third-order valence-corrected chi connectivity index (χ3v) is 5.75. The van der Waals surface area contributed by atoms with Crippen molar-refractivity contribution in [1.29, 1.82) is 0 Å². The molecule has 1 fully saturated rings. The Hall–Kier alpha value is -3.96. The van der Waals surface area contributed by atoms with Gasteiger partial charge < -0.3 is 14.8 Å². The van der Waals surface area contributed by atoms with Crippen LogP contribution in [-0.2, 0) is 18.1 Å². The van der Waals surface area contributed by atoms with Crippen molar-refractivity contribution in [2.24, 2.45) is 0 Å². The number of hydrogen-bond acceptors (Lipinski definition) is 6. The molecule has 9 nitrogen and oxygen atoms in total. The van der Waals surface area contributed by atoms with Crippen molar-refractivity contribution in [3.8, 4) is 11.1 Å². The average Bonchev–Trinajstić information content (AvgIpc) is 3.17. The first-order valence-corrected chi connectivity index (χ1v) is 10.0. The second-order valence-corrected chi connectivity index (χ2v) is 8.20. The molecule has 3 heterocycles. The zero-order valence-corrected chi connectivity index (χ0v) is 17.2. The number of alkyl halides is 3. The summed E-state index contributed by atoms with van der Waals surface area (Å²) >= 11 is 0. The molecule has 0 unspecified atom stereocenters. The molecule has 170 valence electrons. The maximum Gasteiger partial charge on any atom is 0.416 e. The van der Waals surface area contributed by atoms with E-state index in [1.165, 1.54) is 24.4 Å². The van der Waals surface area contributed by atoms with Gasteiger partial charge in [-0.2, -0.15) is 18.2 Å². The fraction of sp³-hybridized carbons (Fsp3) is 0.286. The predicted molar refractivity (Wildman–Crippen MR) is 109 cm³/mol. The van der Waals surface area contributed by atoms with Gasteiger partial charge in [-0.25, -0.2) is 9.78 Å². The van der Waals surface area contributed by atoms with Gasteiger partial charge in [-0.15, -0.1) is 0 Å². The predicted octanol–water partition coefficient (Wildman–Crippen LogP) is 3.30. The lowest BCUT2D eigenvalue weighted by Gasteiger charge is -2.15. The van der Waals surface area contributed by atoms with Gasteiger partial charge in [0.05, 0.1) is 11.1 Å². The van der Waals surface area contributed by atoms with Gasteiger partial charge in [0.25, 0.3) is 0 Å². The van der Waals surface area contributed by atoms with E-state index in [2.05, 4.69) is 30.4 Å². The summed E-state index contributed by atoms with van der Waals surface area (Å²) in [5.74, 6) is -0.630. The summed E-state index contributed by atoms with van der Waals surface area (Å²) in [6.07, 6.45) is -1.51. The smallest absolute Gasteiger partial charge is 0.344 e. The van der Waals surface area contributed by atoms with Crippen molar-refractivity contribution >= 4 is 17.1 Å². The molecule has 0 bridgehead atoms. The third kappa shape index (κ3) is 3.88. The molecule has 0 spiro atoms. The monoisotopic (exact) mass is 458 g/mol. The molecule has 33 heavy (non-hydrogen) atoms. The number of aromatic amines is 2. The molecule has 0 aliphatic heterocycles. The van der Waals surface area contributed by atoms with Crippen LogP contribution >= 0.6 is 0 Å². The minimum Gasteiger partial charge on any atom is -0.344 e. The largest absolute Gasteiger partial charge is 0.416 e. The molecule has 3 N–H and O–H groups in total. The Morgan fingerprint density at radius 2 is 2.03 bits per heavy atom. The number of carbonyl (C=O) groups excluding carboxylic acids is 1. The number of hydrogen-bond donors (Lipinski definition) is 3. The van der Waals surface area contributed by atoms with Crippen LogP contribution in [0.3, 0.4) is 0 Å². The zero-order chi connectivity index (χ0) is 23.4. The normalized spacial score (nSPS) is 15.0. The molecule has 0 atom stereocenters. The topological polar surface area (TPSA) is 130 Å². The summed E-state index contributed by atoms with van der Waals surface area (Å²) in [6, 6.07) is 5.24. The molecule has 1 saturated carbocycles. The van der Waals surface area contributed by atoms with E-state index in [4.69, 9.17) is 4.52 Å². The van der Waals surface area contributed by atoms with Crippen molar-refractivity contribution < 1.29 is 22.5 Å². The lowest BCUT2D eigenvalue weighted by molar-refractivity contribution is -0.138. The van der Waals surface area contributed by atoms with Crippen molar-refractivity contribution in [2.75, 3.05) is 0 Å². The molecule has 1 aliphatic rings. The van der Waals surface area contributed by atoms with Crippen LogP contribution in [0.2, 0.25) is 0 Å². The van der Waals surface area contributed by atoms with Crippen LogP contribution in [0.5, 0.6) is 0 Å². The van der Waals surface area contributed by atoms with E-state index in [-0.39, 0.29) is 28.1 Å². The van der Waals surface area contributed by atoms with Crippen LogP contribution in [0.15, 0.2) is 39.8 Å². The molecule has 3 aromatic heterocycles. The van der Waals surface area contributed by atoms with E-state index < -0.39 is 29.9 Å². The number of amides is 1. The quantitative estimate of drug-likeness (QED) is 0.421. The lowest BCUT2D eigenvalue weighted by Crippen LogP contribution is -2.25. The Kier molecular flexibility index (Phi) is 4.62. The molecular weight excluding hydrogens is 441 g/mol. The van der Waals surface area contributed by atoms with E-state index in [1.807, 2.05) is 6.92 Å². The SMILES string of the molecule is CC1(c2noc(C(=O)NCc3ccc(-c4ccnc5[nH]c(=O)[nH]c45)cc3C(F)(F)F)n2)CC1. The number of nitrogens with one attached hydrogen (secondary N) is 3. The standard InChI is InChI=1S/C21H17F3N6O3/c1-20(5-6-20)18-29-17(33-30-18)16(31)26-9-11-3-2-10(8-13(11)21(22,23)24)12-4-7-25-15-14(12)27-19(32)28-15/h2-4,7-8H,5-6,9H2,1H3,(H,26,31)(H2,25,27,28,32). The number of benzene rings is 1. The summed E-state index contributed by atoms with van der Waals surface area (Å²) in [5, 5.41) is 6.20. The zero-order valence-electron chi connectivity index (χ0n) is 17.2. The Balaban J connectivity index is 1.42. The van der Waals surface area contributed by atoms with Gasteiger partial charge in [-0.1, -0.05) is 24.2 Å². The van der Waals surface area contributed by atoms with Crippen LogP contribution in [0.4, 0.5) is 13.2 Å². The van der Waals surface area contributed by atoms with Crippen LogP contribution < -0.4 is 11.0 Å².